The minimum atomic E-state index is -0.544. The molecule has 9 nitrogen and oxygen atoms in total. The lowest BCUT2D eigenvalue weighted by atomic mass is 9.91. The normalized spacial score (nSPS) is 10.9. The van der Waals surface area contributed by atoms with Crippen molar-refractivity contribution in [1.29, 1.82) is 10.5 Å². The van der Waals surface area contributed by atoms with Crippen LogP contribution in [0.5, 0.6) is 11.5 Å². The second kappa shape index (κ2) is 12.8. The van der Waals surface area contributed by atoms with E-state index in [9.17, 15) is 14.9 Å². The Morgan fingerprint density at radius 2 is 1.55 bits per heavy atom. The monoisotopic (exact) mass is 510 g/mol. The molecule has 3 rings (SSSR count). The molecule has 0 heterocycles. The molecule has 0 aromatic heterocycles. The molecule has 0 unspecified atom stereocenters. The Labute approximate surface area is 220 Å². The lowest BCUT2D eigenvalue weighted by molar-refractivity contribution is -0.154. The molecule has 3 aromatic carbocycles. The van der Waals surface area contributed by atoms with Gasteiger partial charge in [0.05, 0.1) is 33.9 Å². The molecule has 9 heteroatoms. The fourth-order valence-corrected chi connectivity index (χ4v) is 2.96. The Hall–Kier alpha value is -5.02. The Kier molecular flexibility index (Phi) is 9.28. The summed E-state index contributed by atoms with van der Waals surface area (Å²) in [6.07, 6.45) is 0.684. The van der Waals surface area contributed by atoms with Gasteiger partial charge in [-0.1, -0.05) is 6.92 Å². The predicted molar refractivity (Wildman–Crippen MR) is 138 cm³/mol. The molecule has 0 amide bonds. The van der Waals surface area contributed by atoms with Crippen LogP contribution in [0.4, 0.5) is 11.4 Å². The topological polar surface area (TPSA) is 134 Å². The average Bonchev–Trinajstić information content (AvgIpc) is 2.94. The minimum Gasteiger partial charge on any atom is -0.490 e. The number of hydrogen-bond donors (Lipinski definition) is 0. The lowest BCUT2D eigenvalue weighted by Crippen LogP contribution is -2.27. The predicted octanol–water partition coefficient (Wildman–Crippen LogP) is 6.42. The number of ether oxygens (including phenoxy) is 3. The van der Waals surface area contributed by atoms with E-state index < -0.39 is 11.4 Å². The largest absolute Gasteiger partial charge is 0.490 e. The zero-order valence-electron chi connectivity index (χ0n) is 21.3. The van der Waals surface area contributed by atoms with Crippen molar-refractivity contribution in [3.05, 3.63) is 83.4 Å². The van der Waals surface area contributed by atoms with Crippen molar-refractivity contribution in [2.75, 3.05) is 13.2 Å². The van der Waals surface area contributed by atoms with E-state index in [1.54, 1.807) is 60.7 Å². The SMILES string of the molecule is CCC(C)(C)C(=O)OCCOc1ccc(C(=O)Oc2ccc(N=Nc3ccc(C#N)cc3C#N)cc2)cc1. The molecule has 0 spiro atoms. The van der Waals surface area contributed by atoms with Crippen LogP contribution in [-0.2, 0) is 9.53 Å². The van der Waals surface area contributed by atoms with Crippen LogP contribution < -0.4 is 9.47 Å². The second-order valence-corrected chi connectivity index (χ2v) is 8.79. The quantitative estimate of drug-likeness (QED) is 0.133. The Morgan fingerprint density at radius 1 is 0.868 bits per heavy atom. The molecule has 0 aliphatic carbocycles. The van der Waals surface area contributed by atoms with Crippen molar-refractivity contribution in [3.8, 4) is 23.6 Å². The van der Waals surface area contributed by atoms with Gasteiger partial charge in [-0.15, -0.1) is 5.11 Å². The van der Waals surface area contributed by atoms with Crippen molar-refractivity contribution < 1.29 is 23.8 Å². The van der Waals surface area contributed by atoms with Crippen LogP contribution in [-0.4, -0.2) is 25.2 Å². The number of hydrogen-bond acceptors (Lipinski definition) is 9. The van der Waals surface area contributed by atoms with E-state index in [-0.39, 0.29) is 24.7 Å². The van der Waals surface area contributed by atoms with Gasteiger partial charge in [-0.2, -0.15) is 15.6 Å². The highest BCUT2D eigenvalue weighted by atomic mass is 16.6. The Morgan fingerprint density at radius 3 is 2.18 bits per heavy atom. The third kappa shape index (κ3) is 7.49. The number of azo groups is 1. The molecular weight excluding hydrogens is 484 g/mol. The van der Waals surface area contributed by atoms with Crippen LogP contribution in [0.3, 0.4) is 0 Å². The van der Waals surface area contributed by atoms with Crippen LogP contribution in [0.1, 0.15) is 48.7 Å². The number of esters is 2. The van der Waals surface area contributed by atoms with Gasteiger partial charge in [-0.25, -0.2) is 4.79 Å². The number of nitriles is 2. The second-order valence-electron chi connectivity index (χ2n) is 8.79. The summed E-state index contributed by atoms with van der Waals surface area (Å²) in [5, 5.41) is 26.3. The maximum Gasteiger partial charge on any atom is 0.343 e. The van der Waals surface area contributed by atoms with E-state index in [4.69, 9.17) is 19.5 Å². The molecule has 3 aromatic rings. The van der Waals surface area contributed by atoms with E-state index in [1.165, 1.54) is 6.07 Å². The zero-order chi connectivity index (χ0) is 27.5. The van der Waals surface area contributed by atoms with Gasteiger partial charge >= 0.3 is 11.9 Å². The molecule has 0 fully saturated rings. The van der Waals surface area contributed by atoms with Crippen LogP contribution in [0.25, 0.3) is 0 Å². The van der Waals surface area contributed by atoms with Crippen molar-refractivity contribution in [2.24, 2.45) is 15.6 Å². The number of benzene rings is 3. The fraction of sp³-hybridized carbons (Fsp3) is 0.241. The smallest absolute Gasteiger partial charge is 0.343 e. The lowest BCUT2D eigenvalue weighted by Gasteiger charge is -2.20. The molecule has 0 atom stereocenters. The van der Waals surface area contributed by atoms with E-state index in [2.05, 4.69) is 10.2 Å². The molecule has 0 aliphatic rings. The summed E-state index contributed by atoms with van der Waals surface area (Å²) in [5.74, 6) is 0.0428. The minimum absolute atomic E-state index is 0.134. The average molecular weight is 511 g/mol. The van der Waals surface area contributed by atoms with Crippen LogP contribution in [0.15, 0.2) is 77.0 Å². The van der Waals surface area contributed by atoms with Crippen molar-refractivity contribution in [2.45, 2.75) is 27.2 Å². The summed E-state index contributed by atoms with van der Waals surface area (Å²) in [6.45, 7) is 5.92. The summed E-state index contributed by atoms with van der Waals surface area (Å²) >= 11 is 0. The Balaban J connectivity index is 1.51. The van der Waals surface area contributed by atoms with Crippen molar-refractivity contribution in [1.82, 2.24) is 0 Å². The van der Waals surface area contributed by atoms with E-state index >= 15 is 0 Å². The Bertz CT molecular complexity index is 1400. The van der Waals surface area contributed by atoms with E-state index in [0.717, 1.165) is 0 Å². The summed E-state index contributed by atoms with van der Waals surface area (Å²) in [7, 11) is 0. The fourth-order valence-electron chi connectivity index (χ4n) is 2.96. The molecule has 0 aliphatic heterocycles. The highest BCUT2D eigenvalue weighted by molar-refractivity contribution is 5.91. The zero-order valence-corrected chi connectivity index (χ0v) is 21.3. The molecule has 38 heavy (non-hydrogen) atoms. The molecule has 192 valence electrons. The third-order valence-corrected chi connectivity index (χ3v) is 5.68. The van der Waals surface area contributed by atoms with Crippen LogP contribution >= 0.6 is 0 Å². The number of nitrogens with zero attached hydrogens (tertiary/aromatic N) is 4. The third-order valence-electron chi connectivity index (χ3n) is 5.68. The van der Waals surface area contributed by atoms with Gasteiger partial charge in [-0.05, 0) is 87.0 Å². The van der Waals surface area contributed by atoms with Crippen molar-refractivity contribution >= 4 is 23.3 Å². The molecule has 0 saturated carbocycles. The number of carbonyl (C=O) groups is 2. The van der Waals surface area contributed by atoms with Gasteiger partial charge in [-0.3, -0.25) is 4.79 Å². The summed E-state index contributed by atoms with van der Waals surface area (Å²) in [5.41, 5.74) is 1.25. The van der Waals surface area contributed by atoms with E-state index in [1.807, 2.05) is 32.9 Å². The molecule has 0 N–H and O–H groups in total. The standard InChI is InChI=1S/C29H26N4O5/c1-4-29(2,3)28(35)37-16-15-36-24-10-6-21(7-11-24)27(34)38-25-12-8-23(9-13-25)32-33-26-14-5-20(18-30)17-22(26)19-31/h5-14,17H,4,15-16H2,1-3H3. The van der Waals surface area contributed by atoms with E-state index in [0.29, 0.717) is 40.4 Å². The van der Waals surface area contributed by atoms with Crippen LogP contribution in [0, 0.1) is 28.1 Å². The highest BCUT2D eigenvalue weighted by Crippen LogP contribution is 2.25. The first-order valence-electron chi connectivity index (χ1n) is 11.8. The molecule has 0 radical (unpaired) electrons. The van der Waals surface area contributed by atoms with Gasteiger partial charge in [0, 0.05) is 0 Å². The number of carbonyl (C=O) groups excluding carboxylic acids is 2. The van der Waals surface area contributed by atoms with Gasteiger partial charge < -0.3 is 14.2 Å². The first-order chi connectivity index (χ1) is 18.2. The molecule has 0 saturated heterocycles. The van der Waals surface area contributed by atoms with Gasteiger partial charge in [0.2, 0.25) is 0 Å². The summed E-state index contributed by atoms with van der Waals surface area (Å²) in [6, 6.07) is 21.3. The highest BCUT2D eigenvalue weighted by Gasteiger charge is 2.26. The maximum absolute atomic E-state index is 12.5. The molecule has 0 bridgehead atoms. The van der Waals surface area contributed by atoms with Gasteiger partial charge in [0.1, 0.15) is 36.5 Å². The first kappa shape index (κ1) is 27.6. The van der Waals surface area contributed by atoms with Crippen molar-refractivity contribution in [3.63, 3.8) is 0 Å². The van der Waals surface area contributed by atoms with Crippen LogP contribution in [0.2, 0.25) is 0 Å². The van der Waals surface area contributed by atoms with Gasteiger partial charge in [0.15, 0.2) is 0 Å². The summed E-state index contributed by atoms with van der Waals surface area (Å²) in [4.78, 5) is 24.5. The summed E-state index contributed by atoms with van der Waals surface area (Å²) < 4.78 is 16.2. The first-order valence-corrected chi connectivity index (χ1v) is 11.8. The molecular formula is C29H26N4O5. The van der Waals surface area contributed by atoms with Gasteiger partial charge in [0.25, 0.3) is 0 Å². The number of rotatable bonds is 10. The maximum atomic E-state index is 12.5.